The van der Waals surface area contributed by atoms with Crippen molar-refractivity contribution in [3.63, 3.8) is 0 Å². The molecular formula is C42H24N4O. The topological polar surface area (TPSA) is 75.6 Å². The maximum absolute atomic E-state index is 9.48. The number of hydrogen-bond donors (Lipinski definition) is 0. The molecule has 5 nitrogen and oxygen atoms in total. The van der Waals surface area contributed by atoms with E-state index < -0.39 is 0 Å². The number of para-hydroxylation sites is 1. The number of nitriles is 1. The predicted molar refractivity (Wildman–Crippen MR) is 189 cm³/mol. The van der Waals surface area contributed by atoms with E-state index in [-0.39, 0.29) is 0 Å². The van der Waals surface area contributed by atoms with Crippen LogP contribution >= 0.6 is 0 Å². The Kier molecular flexibility index (Phi) is 6.12. The molecule has 0 aliphatic heterocycles. The molecule has 0 unspecified atom stereocenters. The third kappa shape index (κ3) is 4.43. The molecule has 0 radical (unpaired) electrons. The summed E-state index contributed by atoms with van der Waals surface area (Å²) in [6, 6.07) is 51.0. The van der Waals surface area contributed by atoms with Crippen LogP contribution in [0.4, 0.5) is 0 Å². The van der Waals surface area contributed by atoms with E-state index in [0.717, 1.165) is 60.3 Å². The lowest BCUT2D eigenvalue weighted by molar-refractivity contribution is 0.669. The molecule has 0 bridgehead atoms. The van der Waals surface area contributed by atoms with Gasteiger partial charge in [0.05, 0.1) is 17.2 Å². The van der Waals surface area contributed by atoms with Gasteiger partial charge < -0.3 is 4.42 Å². The molecule has 2 aromatic heterocycles. The standard InChI is InChI=1S/C42H24N4O/c43-25-26-18-20-27(21-19-26)31-22-23-35-34-16-8-9-17-37(34)47-39(35)38(31)42-45-40(28-10-2-1-3-11-28)44-41(46-42)36-24-29-12-4-5-13-30(29)32-14-6-7-15-33(32)36/h1-24H. The molecule has 0 atom stereocenters. The summed E-state index contributed by atoms with van der Waals surface area (Å²) in [4.78, 5) is 15.5. The predicted octanol–water partition coefficient (Wildman–Crippen LogP) is 10.6. The van der Waals surface area contributed by atoms with Crippen molar-refractivity contribution < 1.29 is 4.42 Å². The second kappa shape index (κ2) is 10.8. The van der Waals surface area contributed by atoms with Gasteiger partial charge in [-0.05, 0) is 63.0 Å². The number of benzene rings is 7. The van der Waals surface area contributed by atoms with Crippen molar-refractivity contribution in [2.24, 2.45) is 0 Å². The number of aromatic nitrogens is 3. The van der Waals surface area contributed by atoms with Gasteiger partial charge in [-0.2, -0.15) is 5.26 Å². The number of nitrogens with zero attached hydrogens (tertiary/aromatic N) is 4. The number of hydrogen-bond acceptors (Lipinski definition) is 5. The van der Waals surface area contributed by atoms with Crippen molar-refractivity contribution in [3.05, 3.63) is 151 Å². The molecular weight excluding hydrogens is 576 g/mol. The van der Waals surface area contributed by atoms with Crippen LogP contribution in [-0.4, -0.2) is 15.0 Å². The summed E-state index contributed by atoms with van der Waals surface area (Å²) in [5.41, 5.74) is 6.51. The van der Waals surface area contributed by atoms with Crippen molar-refractivity contribution in [2.75, 3.05) is 0 Å². The van der Waals surface area contributed by atoms with Gasteiger partial charge in [0, 0.05) is 21.9 Å². The van der Waals surface area contributed by atoms with Gasteiger partial charge in [0.2, 0.25) is 0 Å². The Morgan fingerprint density at radius 3 is 1.94 bits per heavy atom. The van der Waals surface area contributed by atoms with E-state index in [2.05, 4.69) is 78.9 Å². The minimum Gasteiger partial charge on any atom is -0.455 e. The van der Waals surface area contributed by atoms with Crippen LogP contribution in [0, 0.1) is 11.3 Å². The molecule has 9 rings (SSSR count). The molecule has 9 aromatic rings. The van der Waals surface area contributed by atoms with Gasteiger partial charge in [-0.15, -0.1) is 0 Å². The van der Waals surface area contributed by atoms with Crippen LogP contribution in [0.15, 0.2) is 150 Å². The fraction of sp³-hybridized carbons (Fsp3) is 0. The monoisotopic (exact) mass is 600 g/mol. The van der Waals surface area contributed by atoms with Crippen LogP contribution in [0.25, 0.3) is 88.8 Å². The highest BCUT2D eigenvalue weighted by molar-refractivity contribution is 6.14. The maximum Gasteiger partial charge on any atom is 0.168 e. The van der Waals surface area contributed by atoms with E-state index in [1.807, 2.05) is 72.8 Å². The fourth-order valence-electron chi connectivity index (χ4n) is 6.54. The first-order chi connectivity index (χ1) is 23.2. The van der Waals surface area contributed by atoms with Gasteiger partial charge in [-0.3, -0.25) is 0 Å². The SMILES string of the molecule is N#Cc1ccc(-c2ccc3c(oc4ccccc43)c2-c2nc(-c3ccccc3)nc(-c3cc4ccccc4c4ccccc34)n2)cc1. The van der Waals surface area contributed by atoms with Gasteiger partial charge >= 0.3 is 0 Å². The van der Waals surface area contributed by atoms with Gasteiger partial charge in [0.15, 0.2) is 17.5 Å². The molecule has 5 heteroatoms. The number of furan rings is 1. The minimum absolute atomic E-state index is 0.509. The highest BCUT2D eigenvalue weighted by Gasteiger charge is 2.23. The molecule has 218 valence electrons. The Hall–Kier alpha value is -6.64. The normalized spacial score (nSPS) is 11.4. The van der Waals surface area contributed by atoms with Gasteiger partial charge in [0.25, 0.3) is 0 Å². The zero-order chi connectivity index (χ0) is 31.3. The summed E-state index contributed by atoms with van der Waals surface area (Å²) in [6.45, 7) is 0. The minimum atomic E-state index is 0.509. The van der Waals surface area contributed by atoms with E-state index in [4.69, 9.17) is 19.4 Å². The molecule has 0 N–H and O–H groups in total. The second-order valence-corrected chi connectivity index (χ2v) is 11.5. The molecule has 0 fully saturated rings. The van der Waals surface area contributed by atoms with Gasteiger partial charge in [0.1, 0.15) is 11.2 Å². The van der Waals surface area contributed by atoms with Crippen LogP contribution in [0.3, 0.4) is 0 Å². The Bertz CT molecular complexity index is 2690. The lowest BCUT2D eigenvalue weighted by Crippen LogP contribution is -2.02. The molecule has 0 saturated heterocycles. The Labute approximate surface area is 270 Å². The Morgan fingerprint density at radius 1 is 0.468 bits per heavy atom. The largest absolute Gasteiger partial charge is 0.455 e. The summed E-state index contributed by atoms with van der Waals surface area (Å²) < 4.78 is 6.61. The lowest BCUT2D eigenvalue weighted by Gasteiger charge is -2.14. The van der Waals surface area contributed by atoms with Crippen LogP contribution in [-0.2, 0) is 0 Å². The molecule has 0 saturated carbocycles. The maximum atomic E-state index is 9.48. The molecule has 0 amide bonds. The summed E-state index contributed by atoms with van der Waals surface area (Å²) in [5, 5.41) is 16.0. The van der Waals surface area contributed by atoms with Crippen LogP contribution in [0.5, 0.6) is 0 Å². The quantitative estimate of drug-likeness (QED) is 0.188. The fourth-order valence-corrected chi connectivity index (χ4v) is 6.54. The second-order valence-electron chi connectivity index (χ2n) is 11.5. The highest BCUT2D eigenvalue weighted by atomic mass is 16.3. The summed E-state index contributed by atoms with van der Waals surface area (Å²) in [5.74, 6) is 1.66. The third-order valence-corrected chi connectivity index (χ3v) is 8.77. The highest BCUT2D eigenvalue weighted by Crippen LogP contribution is 2.42. The van der Waals surface area contributed by atoms with E-state index in [1.165, 1.54) is 5.39 Å². The lowest BCUT2D eigenvalue weighted by atomic mass is 9.95. The third-order valence-electron chi connectivity index (χ3n) is 8.77. The number of fused-ring (bicyclic) bond motifs is 6. The summed E-state index contributed by atoms with van der Waals surface area (Å²) >= 11 is 0. The van der Waals surface area contributed by atoms with Crippen LogP contribution < -0.4 is 0 Å². The summed E-state index contributed by atoms with van der Waals surface area (Å²) in [7, 11) is 0. The zero-order valence-corrected chi connectivity index (χ0v) is 25.1. The first-order valence-corrected chi connectivity index (χ1v) is 15.4. The van der Waals surface area contributed by atoms with Crippen molar-refractivity contribution in [2.45, 2.75) is 0 Å². The molecule has 2 heterocycles. The average molecular weight is 601 g/mol. The number of rotatable bonds is 4. The average Bonchev–Trinajstić information content (AvgIpc) is 3.53. The van der Waals surface area contributed by atoms with Crippen molar-refractivity contribution in [1.29, 1.82) is 5.26 Å². The van der Waals surface area contributed by atoms with E-state index in [9.17, 15) is 5.26 Å². The molecule has 0 aliphatic rings. The smallest absolute Gasteiger partial charge is 0.168 e. The molecule has 7 aromatic carbocycles. The van der Waals surface area contributed by atoms with Gasteiger partial charge in [-0.1, -0.05) is 115 Å². The molecule has 47 heavy (non-hydrogen) atoms. The van der Waals surface area contributed by atoms with Crippen molar-refractivity contribution in [3.8, 4) is 51.4 Å². The van der Waals surface area contributed by atoms with Crippen molar-refractivity contribution >= 4 is 43.5 Å². The van der Waals surface area contributed by atoms with E-state index >= 15 is 0 Å². The first-order valence-electron chi connectivity index (χ1n) is 15.4. The summed E-state index contributed by atoms with van der Waals surface area (Å²) in [6.07, 6.45) is 0. The molecule has 0 spiro atoms. The van der Waals surface area contributed by atoms with E-state index in [0.29, 0.717) is 28.6 Å². The van der Waals surface area contributed by atoms with E-state index in [1.54, 1.807) is 0 Å². The zero-order valence-electron chi connectivity index (χ0n) is 25.1. The van der Waals surface area contributed by atoms with Crippen molar-refractivity contribution in [1.82, 2.24) is 15.0 Å². The van der Waals surface area contributed by atoms with Gasteiger partial charge in [-0.25, -0.2) is 15.0 Å². The van der Waals surface area contributed by atoms with Crippen LogP contribution in [0.2, 0.25) is 0 Å². The van der Waals surface area contributed by atoms with Crippen LogP contribution in [0.1, 0.15) is 5.56 Å². The Morgan fingerprint density at radius 2 is 1.13 bits per heavy atom. The molecule has 0 aliphatic carbocycles. The first kappa shape index (κ1) is 26.7. The Balaban J connectivity index is 1.40.